The standard InChI is InChI=1S/C9H12N2O2/c1-13-9-8(10)5-4-7(11-9)3-2-6-12/h2-5,12H,6,10H2,1H3. The Bertz CT molecular complexity index is 310. The van der Waals surface area contributed by atoms with Crippen molar-refractivity contribution in [1.29, 1.82) is 0 Å². The number of hydrogen-bond acceptors (Lipinski definition) is 4. The van der Waals surface area contributed by atoms with Crippen LogP contribution in [0, 0.1) is 0 Å². The maximum Gasteiger partial charge on any atom is 0.237 e. The number of nitrogens with zero attached hydrogens (tertiary/aromatic N) is 1. The third-order valence-electron chi connectivity index (χ3n) is 1.50. The van der Waals surface area contributed by atoms with E-state index in [4.69, 9.17) is 15.6 Å². The molecule has 4 nitrogen and oxygen atoms in total. The average Bonchev–Trinajstić information content (AvgIpc) is 2.16. The van der Waals surface area contributed by atoms with Gasteiger partial charge in [-0.2, -0.15) is 0 Å². The molecule has 0 aliphatic rings. The summed E-state index contributed by atoms with van der Waals surface area (Å²) in [4.78, 5) is 4.08. The van der Waals surface area contributed by atoms with Gasteiger partial charge in [0.25, 0.3) is 0 Å². The summed E-state index contributed by atoms with van der Waals surface area (Å²) in [5.74, 6) is 0.403. The van der Waals surface area contributed by atoms with Gasteiger partial charge in [0.2, 0.25) is 5.88 Å². The fraction of sp³-hybridized carbons (Fsp3) is 0.222. The van der Waals surface area contributed by atoms with Crippen molar-refractivity contribution in [2.45, 2.75) is 0 Å². The third-order valence-corrected chi connectivity index (χ3v) is 1.50. The van der Waals surface area contributed by atoms with Gasteiger partial charge in [-0.15, -0.1) is 0 Å². The Morgan fingerprint density at radius 1 is 1.62 bits per heavy atom. The van der Waals surface area contributed by atoms with E-state index in [2.05, 4.69) is 4.98 Å². The van der Waals surface area contributed by atoms with Gasteiger partial charge in [0, 0.05) is 0 Å². The van der Waals surface area contributed by atoms with E-state index in [1.165, 1.54) is 7.11 Å². The van der Waals surface area contributed by atoms with E-state index in [0.717, 1.165) is 0 Å². The fourth-order valence-electron chi connectivity index (χ4n) is 0.895. The van der Waals surface area contributed by atoms with Crippen LogP contribution in [-0.4, -0.2) is 23.8 Å². The Labute approximate surface area is 76.7 Å². The molecule has 1 heterocycles. The molecule has 0 radical (unpaired) electrons. The number of methoxy groups -OCH3 is 1. The largest absolute Gasteiger partial charge is 0.480 e. The molecule has 1 rings (SSSR count). The number of anilines is 1. The minimum Gasteiger partial charge on any atom is -0.480 e. The van der Waals surface area contributed by atoms with Gasteiger partial charge >= 0.3 is 0 Å². The van der Waals surface area contributed by atoms with Crippen molar-refractivity contribution in [1.82, 2.24) is 4.98 Å². The molecule has 0 saturated heterocycles. The minimum atomic E-state index is -0.00558. The van der Waals surface area contributed by atoms with E-state index in [-0.39, 0.29) is 6.61 Å². The maximum atomic E-state index is 8.54. The van der Waals surface area contributed by atoms with Crippen molar-refractivity contribution < 1.29 is 9.84 Å². The zero-order valence-electron chi connectivity index (χ0n) is 7.40. The second kappa shape index (κ2) is 4.47. The highest BCUT2D eigenvalue weighted by atomic mass is 16.5. The number of nitrogen functional groups attached to an aromatic ring is 1. The second-order valence-electron chi connectivity index (χ2n) is 2.42. The van der Waals surface area contributed by atoms with E-state index in [0.29, 0.717) is 17.3 Å². The summed E-state index contributed by atoms with van der Waals surface area (Å²) in [6, 6.07) is 3.47. The highest BCUT2D eigenvalue weighted by Gasteiger charge is 1.99. The molecule has 0 aromatic carbocycles. The molecule has 0 aliphatic carbocycles. The molecule has 0 fully saturated rings. The number of aromatic nitrogens is 1. The molecular formula is C9H12N2O2. The molecular weight excluding hydrogens is 168 g/mol. The summed E-state index contributed by atoms with van der Waals surface area (Å²) < 4.78 is 4.93. The maximum absolute atomic E-state index is 8.54. The highest BCUT2D eigenvalue weighted by molar-refractivity contribution is 5.54. The molecule has 0 unspecified atom stereocenters. The fourth-order valence-corrected chi connectivity index (χ4v) is 0.895. The number of aliphatic hydroxyl groups is 1. The van der Waals surface area contributed by atoms with Crippen LogP contribution in [0.25, 0.3) is 6.08 Å². The van der Waals surface area contributed by atoms with Crippen LogP contribution in [0.4, 0.5) is 5.69 Å². The molecule has 3 N–H and O–H groups in total. The van der Waals surface area contributed by atoms with Crippen molar-refractivity contribution in [3.63, 3.8) is 0 Å². The first-order chi connectivity index (χ1) is 6.27. The second-order valence-corrected chi connectivity index (χ2v) is 2.42. The number of ether oxygens (including phenoxy) is 1. The molecule has 0 spiro atoms. The molecule has 0 saturated carbocycles. The normalized spacial score (nSPS) is 10.6. The lowest BCUT2D eigenvalue weighted by Gasteiger charge is -2.02. The van der Waals surface area contributed by atoms with Gasteiger partial charge in [0.05, 0.1) is 25.1 Å². The summed E-state index contributed by atoms with van der Waals surface area (Å²) in [7, 11) is 1.51. The van der Waals surface area contributed by atoms with Gasteiger partial charge in [-0.05, 0) is 18.2 Å². The summed E-state index contributed by atoms with van der Waals surface area (Å²) in [6.07, 6.45) is 3.29. The summed E-state index contributed by atoms with van der Waals surface area (Å²) in [6.45, 7) is -0.00558. The predicted octanol–water partition coefficient (Wildman–Crippen LogP) is 0.678. The van der Waals surface area contributed by atoms with Gasteiger partial charge in [-0.1, -0.05) is 6.08 Å². The summed E-state index contributed by atoms with van der Waals surface area (Å²) in [5, 5.41) is 8.54. The van der Waals surface area contributed by atoms with Gasteiger partial charge in [-0.25, -0.2) is 4.98 Å². The number of rotatable bonds is 3. The lowest BCUT2D eigenvalue weighted by molar-refractivity contribution is 0.343. The number of pyridine rings is 1. The van der Waals surface area contributed by atoms with E-state index in [9.17, 15) is 0 Å². The van der Waals surface area contributed by atoms with Gasteiger partial charge in [0.1, 0.15) is 0 Å². The van der Waals surface area contributed by atoms with E-state index in [1.807, 2.05) is 0 Å². The highest BCUT2D eigenvalue weighted by Crippen LogP contribution is 2.17. The van der Waals surface area contributed by atoms with Crippen LogP contribution in [0.15, 0.2) is 18.2 Å². The first-order valence-corrected chi connectivity index (χ1v) is 3.86. The molecule has 0 atom stereocenters. The number of hydrogen-bond donors (Lipinski definition) is 2. The Morgan fingerprint density at radius 3 is 3.00 bits per heavy atom. The molecule has 4 heteroatoms. The van der Waals surface area contributed by atoms with Gasteiger partial charge < -0.3 is 15.6 Å². The topological polar surface area (TPSA) is 68.4 Å². The first kappa shape index (κ1) is 9.54. The van der Waals surface area contributed by atoms with Crippen molar-refractivity contribution in [3.05, 3.63) is 23.9 Å². The van der Waals surface area contributed by atoms with Crippen molar-refractivity contribution in [3.8, 4) is 5.88 Å². The number of aliphatic hydroxyl groups excluding tert-OH is 1. The smallest absolute Gasteiger partial charge is 0.237 e. The molecule has 0 aliphatic heterocycles. The van der Waals surface area contributed by atoms with Crippen LogP contribution in [0.2, 0.25) is 0 Å². The Morgan fingerprint density at radius 2 is 2.38 bits per heavy atom. The third kappa shape index (κ3) is 2.45. The summed E-state index contributed by atoms with van der Waals surface area (Å²) >= 11 is 0. The lowest BCUT2D eigenvalue weighted by Crippen LogP contribution is -1.96. The van der Waals surface area contributed by atoms with Crippen LogP contribution in [0.5, 0.6) is 5.88 Å². The van der Waals surface area contributed by atoms with Crippen LogP contribution >= 0.6 is 0 Å². The Hall–Kier alpha value is -1.55. The van der Waals surface area contributed by atoms with Crippen molar-refractivity contribution >= 4 is 11.8 Å². The van der Waals surface area contributed by atoms with Crippen LogP contribution < -0.4 is 10.5 Å². The predicted molar refractivity (Wildman–Crippen MR) is 51.3 cm³/mol. The van der Waals surface area contributed by atoms with Gasteiger partial charge in [-0.3, -0.25) is 0 Å². The Kier molecular flexibility index (Phi) is 3.28. The van der Waals surface area contributed by atoms with E-state index in [1.54, 1.807) is 24.3 Å². The molecule has 0 bridgehead atoms. The number of nitrogens with two attached hydrogens (primary N) is 1. The van der Waals surface area contributed by atoms with Crippen LogP contribution in [-0.2, 0) is 0 Å². The molecule has 1 aromatic heterocycles. The zero-order valence-corrected chi connectivity index (χ0v) is 7.40. The van der Waals surface area contributed by atoms with E-state index >= 15 is 0 Å². The Balaban J connectivity index is 2.92. The summed E-state index contributed by atoms with van der Waals surface area (Å²) in [5.41, 5.74) is 6.78. The molecule has 70 valence electrons. The lowest BCUT2D eigenvalue weighted by atomic mass is 10.3. The molecule has 13 heavy (non-hydrogen) atoms. The monoisotopic (exact) mass is 180 g/mol. The van der Waals surface area contributed by atoms with E-state index < -0.39 is 0 Å². The SMILES string of the molecule is COc1nc(C=CCO)ccc1N. The molecule has 0 amide bonds. The van der Waals surface area contributed by atoms with Crippen molar-refractivity contribution in [2.75, 3.05) is 19.5 Å². The van der Waals surface area contributed by atoms with Gasteiger partial charge in [0.15, 0.2) is 0 Å². The van der Waals surface area contributed by atoms with Crippen LogP contribution in [0.1, 0.15) is 5.69 Å². The quantitative estimate of drug-likeness (QED) is 0.717. The zero-order chi connectivity index (χ0) is 9.68. The minimum absolute atomic E-state index is 0.00558. The van der Waals surface area contributed by atoms with Crippen LogP contribution in [0.3, 0.4) is 0 Å². The first-order valence-electron chi connectivity index (χ1n) is 3.86. The van der Waals surface area contributed by atoms with Crippen molar-refractivity contribution in [2.24, 2.45) is 0 Å². The average molecular weight is 180 g/mol. The molecule has 1 aromatic rings.